The highest BCUT2D eigenvalue weighted by molar-refractivity contribution is 5.18. The number of benzene rings is 1. The Bertz CT molecular complexity index is 267. The number of hydrogen-bond donors (Lipinski definition) is 2. The van der Waals surface area contributed by atoms with E-state index >= 15 is 0 Å². The first-order chi connectivity index (χ1) is 6.86. The summed E-state index contributed by atoms with van der Waals surface area (Å²) in [6.07, 6.45) is 2.79. The van der Waals surface area contributed by atoms with Crippen LogP contribution in [0.1, 0.15) is 24.4 Å². The Kier molecular flexibility index (Phi) is 3.17. The van der Waals surface area contributed by atoms with Crippen molar-refractivity contribution in [3.05, 3.63) is 35.9 Å². The van der Waals surface area contributed by atoms with Crippen LogP contribution in [0.25, 0.3) is 0 Å². The van der Waals surface area contributed by atoms with E-state index < -0.39 is 0 Å². The maximum atomic E-state index is 6.04. The average Bonchev–Trinajstić information content (AvgIpc) is 3.03. The maximum Gasteiger partial charge on any atom is 0.0421 e. The smallest absolute Gasteiger partial charge is 0.0421 e. The van der Waals surface area contributed by atoms with Crippen molar-refractivity contribution in [3.8, 4) is 0 Å². The van der Waals surface area contributed by atoms with Crippen LogP contribution in [0.3, 0.4) is 0 Å². The molecule has 0 aliphatic heterocycles. The second kappa shape index (κ2) is 4.58. The van der Waals surface area contributed by atoms with Gasteiger partial charge in [-0.15, -0.1) is 0 Å². The Morgan fingerprint density at radius 3 is 2.64 bits per heavy atom. The zero-order chi connectivity index (χ0) is 9.80. The summed E-state index contributed by atoms with van der Waals surface area (Å²) in [5.74, 6) is 0.929. The SMILES string of the molecule is NC(CNCC1CC1)c1ccccc1. The van der Waals surface area contributed by atoms with Gasteiger partial charge in [0.15, 0.2) is 0 Å². The number of hydrogen-bond acceptors (Lipinski definition) is 2. The number of nitrogens with one attached hydrogen (secondary N) is 1. The molecular formula is C12H18N2. The minimum Gasteiger partial charge on any atom is -0.323 e. The molecule has 0 saturated heterocycles. The molecule has 2 nitrogen and oxygen atoms in total. The van der Waals surface area contributed by atoms with Gasteiger partial charge < -0.3 is 11.1 Å². The Labute approximate surface area is 85.5 Å². The van der Waals surface area contributed by atoms with E-state index in [9.17, 15) is 0 Å². The van der Waals surface area contributed by atoms with Gasteiger partial charge in [0.2, 0.25) is 0 Å². The van der Waals surface area contributed by atoms with E-state index in [4.69, 9.17) is 5.73 Å². The zero-order valence-electron chi connectivity index (χ0n) is 8.45. The van der Waals surface area contributed by atoms with Crippen LogP contribution in [0.5, 0.6) is 0 Å². The third-order valence-corrected chi connectivity index (χ3v) is 2.72. The topological polar surface area (TPSA) is 38.0 Å². The molecule has 0 bridgehead atoms. The predicted octanol–water partition coefficient (Wildman–Crippen LogP) is 1.69. The molecule has 1 aliphatic rings. The quantitative estimate of drug-likeness (QED) is 0.741. The van der Waals surface area contributed by atoms with Crippen molar-refractivity contribution >= 4 is 0 Å². The lowest BCUT2D eigenvalue weighted by Gasteiger charge is -2.12. The summed E-state index contributed by atoms with van der Waals surface area (Å²) in [7, 11) is 0. The van der Waals surface area contributed by atoms with E-state index in [0.717, 1.165) is 19.0 Å². The normalized spacial score (nSPS) is 18.1. The van der Waals surface area contributed by atoms with Crippen molar-refractivity contribution in [2.75, 3.05) is 13.1 Å². The van der Waals surface area contributed by atoms with E-state index in [1.165, 1.54) is 18.4 Å². The minimum atomic E-state index is 0.134. The van der Waals surface area contributed by atoms with Gasteiger partial charge in [-0.1, -0.05) is 30.3 Å². The molecule has 1 aliphatic carbocycles. The van der Waals surface area contributed by atoms with Gasteiger partial charge in [-0.05, 0) is 30.9 Å². The third kappa shape index (κ3) is 2.82. The van der Waals surface area contributed by atoms with Crippen LogP contribution < -0.4 is 11.1 Å². The Morgan fingerprint density at radius 1 is 1.29 bits per heavy atom. The molecule has 0 spiro atoms. The molecule has 0 amide bonds. The summed E-state index contributed by atoms with van der Waals surface area (Å²) in [6, 6.07) is 10.4. The molecule has 0 aromatic heterocycles. The van der Waals surface area contributed by atoms with Gasteiger partial charge in [0.25, 0.3) is 0 Å². The van der Waals surface area contributed by atoms with Gasteiger partial charge >= 0.3 is 0 Å². The lowest BCUT2D eigenvalue weighted by Crippen LogP contribution is -2.28. The van der Waals surface area contributed by atoms with Crippen LogP contribution in [0.4, 0.5) is 0 Å². The van der Waals surface area contributed by atoms with Gasteiger partial charge in [-0.2, -0.15) is 0 Å². The molecule has 76 valence electrons. The van der Waals surface area contributed by atoms with Crippen LogP contribution in [-0.2, 0) is 0 Å². The molecule has 1 unspecified atom stereocenters. The maximum absolute atomic E-state index is 6.04. The van der Waals surface area contributed by atoms with Gasteiger partial charge in [-0.25, -0.2) is 0 Å². The molecular weight excluding hydrogens is 172 g/mol. The van der Waals surface area contributed by atoms with Gasteiger partial charge in [-0.3, -0.25) is 0 Å². The van der Waals surface area contributed by atoms with Crippen LogP contribution >= 0.6 is 0 Å². The standard InChI is InChI=1S/C12H18N2/c13-12(9-14-8-10-6-7-10)11-4-2-1-3-5-11/h1-5,10,12,14H,6-9,13H2. The summed E-state index contributed by atoms with van der Waals surface area (Å²) in [6.45, 7) is 2.03. The summed E-state index contributed by atoms with van der Waals surface area (Å²) in [4.78, 5) is 0. The Balaban J connectivity index is 1.74. The predicted molar refractivity (Wildman–Crippen MR) is 59.0 cm³/mol. The van der Waals surface area contributed by atoms with Crippen LogP contribution in [0, 0.1) is 5.92 Å². The van der Waals surface area contributed by atoms with E-state index in [-0.39, 0.29) is 6.04 Å². The fraction of sp³-hybridized carbons (Fsp3) is 0.500. The second-order valence-electron chi connectivity index (χ2n) is 4.12. The molecule has 3 N–H and O–H groups in total. The molecule has 1 aromatic carbocycles. The van der Waals surface area contributed by atoms with Gasteiger partial charge in [0.05, 0.1) is 0 Å². The fourth-order valence-corrected chi connectivity index (χ4v) is 1.58. The van der Waals surface area contributed by atoms with E-state index in [1.807, 2.05) is 18.2 Å². The summed E-state index contributed by atoms with van der Waals surface area (Å²) >= 11 is 0. The highest BCUT2D eigenvalue weighted by Gasteiger charge is 2.20. The largest absolute Gasteiger partial charge is 0.323 e. The fourth-order valence-electron chi connectivity index (χ4n) is 1.58. The Hall–Kier alpha value is -0.860. The summed E-state index contributed by atoms with van der Waals surface area (Å²) in [5.41, 5.74) is 7.26. The highest BCUT2D eigenvalue weighted by atomic mass is 14.9. The molecule has 2 rings (SSSR count). The first-order valence-electron chi connectivity index (χ1n) is 5.37. The van der Waals surface area contributed by atoms with Gasteiger partial charge in [0.1, 0.15) is 0 Å². The third-order valence-electron chi connectivity index (χ3n) is 2.72. The molecule has 1 aromatic rings. The zero-order valence-corrected chi connectivity index (χ0v) is 8.45. The average molecular weight is 190 g/mol. The number of nitrogens with two attached hydrogens (primary N) is 1. The molecule has 14 heavy (non-hydrogen) atoms. The monoisotopic (exact) mass is 190 g/mol. The molecule has 0 radical (unpaired) electrons. The molecule has 1 atom stereocenters. The van der Waals surface area contributed by atoms with Crippen LogP contribution in [-0.4, -0.2) is 13.1 Å². The van der Waals surface area contributed by atoms with Crippen molar-refractivity contribution in [1.82, 2.24) is 5.32 Å². The lowest BCUT2D eigenvalue weighted by atomic mass is 10.1. The summed E-state index contributed by atoms with van der Waals surface area (Å²) < 4.78 is 0. The second-order valence-corrected chi connectivity index (χ2v) is 4.12. The van der Waals surface area contributed by atoms with Crippen molar-refractivity contribution in [2.45, 2.75) is 18.9 Å². The first kappa shape index (κ1) is 9.69. The number of rotatable bonds is 5. The van der Waals surface area contributed by atoms with E-state index in [0.29, 0.717) is 0 Å². The van der Waals surface area contributed by atoms with Crippen LogP contribution in [0.15, 0.2) is 30.3 Å². The molecule has 2 heteroatoms. The van der Waals surface area contributed by atoms with Crippen molar-refractivity contribution in [1.29, 1.82) is 0 Å². The minimum absolute atomic E-state index is 0.134. The first-order valence-corrected chi connectivity index (χ1v) is 5.37. The molecule has 0 heterocycles. The van der Waals surface area contributed by atoms with E-state index in [2.05, 4.69) is 17.4 Å². The Morgan fingerprint density at radius 2 is 2.00 bits per heavy atom. The summed E-state index contributed by atoms with van der Waals surface area (Å²) in [5, 5.41) is 3.42. The molecule has 1 saturated carbocycles. The van der Waals surface area contributed by atoms with Crippen molar-refractivity contribution < 1.29 is 0 Å². The molecule has 1 fully saturated rings. The highest BCUT2D eigenvalue weighted by Crippen LogP contribution is 2.27. The lowest BCUT2D eigenvalue weighted by molar-refractivity contribution is 0.574. The van der Waals surface area contributed by atoms with Gasteiger partial charge in [0, 0.05) is 12.6 Å². The van der Waals surface area contributed by atoms with Crippen molar-refractivity contribution in [3.63, 3.8) is 0 Å². The van der Waals surface area contributed by atoms with Crippen LogP contribution in [0.2, 0.25) is 0 Å². The van der Waals surface area contributed by atoms with E-state index in [1.54, 1.807) is 0 Å². The van der Waals surface area contributed by atoms with Crippen molar-refractivity contribution in [2.24, 2.45) is 11.7 Å².